The standard InChI is InChI=1S/C27H26F2N2O3/c1-32-23-10-11-25-26(16-23)33-18-24(34-25)17-30-12-14-31(15-13-30)27(19-2-6-21(28)7-3-19)20-4-8-22(29)9-5-20/h2-11,16,18,27H,12-15,17H2,1H3. The van der Waals surface area contributed by atoms with Crippen LogP contribution in [0, 0.1) is 11.6 Å². The molecule has 176 valence electrons. The molecular formula is C27H26F2N2O3. The van der Waals surface area contributed by atoms with E-state index in [1.165, 1.54) is 24.3 Å². The van der Waals surface area contributed by atoms with Crippen LogP contribution in [-0.2, 0) is 0 Å². The highest BCUT2D eigenvalue weighted by Gasteiger charge is 2.28. The van der Waals surface area contributed by atoms with Gasteiger partial charge in [-0.15, -0.1) is 0 Å². The van der Waals surface area contributed by atoms with Crippen molar-refractivity contribution in [3.8, 4) is 17.2 Å². The maximum atomic E-state index is 13.5. The Bertz CT molecular complexity index is 1110. The minimum Gasteiger partial charge on any atom is -0.497 e. The Morgan fingerprint density at radius 3 is 2.03 bits per heavy atom. The molecule has 1 saturated heterocycles. The number of nitrogens with zero attached hydrogens (tertiary/aromatic N) is 2. The molecule has 0 saturated carbocycles. The molecule has 3 aromatic rings. The quantitative estimate of drug-likeness (QED) is 0.513. The lowest BCUT2D eigenvalue weighted by Gasteiger charge is -2.40. The van der Waals surface area contributed by atoms with Gasteiger partial charge in [0, 0.05) is 32.2 Å². The summed E-state index contributed by atoms with van der Waals surface area (Å²) in [6.07, 6.45) is 1.65. The molecule has 0 radical (unpaired) electrons. The summed E-state index contributed by atoms with van der Waals surface area (Å²) in [5.41, 5.74) is 1.97. The normalized spacial score (nSPS) is 16.4. The summed E-state index contributed by atoms with van der Waals surface area (Å²) in [6, 6.07) is 18.5. The largest absolute Gasteiger partial charge is 0.497 e. The molecular weight excluding hydrogens is 438 g/mol. The van der Waals surface area contributed by atoms with Gasteiger partial charge in [0.25, 0.3) is 0 Å². The zero-order valence-electron chi connectivity index (χ0n) is 18.9. The first-order valence-electron chi connectivity index (χ1n) is 11.3. The fraction of sp³-hybridized carbons (Fsp3) is 0.259. The highest BCUT2D eigenvalue weighted by Crippen LogP contribution is 2.36. The Morgan fingerprint density at radius 2 is 1.44 bits per heavy atom. The van der Waals surface area contributed by atoms with Crippen molar-refractivity contribution in [1.82, 2.24) is 9.80 Å². The van der Waals surface area contributed by atoms with Gasteiger partial charge in [-0.1, -0.05) is 24.3 Å². The number of piperazine rings is 1. The molecule has 5 rings (SSSR count). The Balaban J connectivity index is 1.25. The lowest BCUT2D eigenvalue weighted by molar-refractivity contribution is 0.107. The van der Waals surface area contributed by atoms with E-state index in [0.717, 1.165) is 43.1 Å². The summed E-state index contributed by atoms with van der Waals surface area (Å²) in [5.74, 6) is 2.23. The Morgan fingerprint density at radius 1 is 0.824 bits per heavy atom. The SMILES string of the molecule is COc1ccc2c(c1)OC=C(CN1CCN(C(c3ccc(F)cc3)c3ccc(F)cc3)CC1)O2. The number of benzene rings is 3. The monoisotopic (exact) mass is 464 g/mol. The van der Waals surface area contributed by atoms with Crippen LogP contribution in [0.2, 0.25) is 0 Å². The van der Waals surface area contributed by atoms with E-state index in [-0.39, 0.29) is 17.7 Å². The molecule has 0 N–H and O–H groups in total. The van der Waals surface area contributed by atoms with Gasteiger partial charge in [0.15, 0.2) is 17.3 Å². The van der Waals surface area contributed by atoms with Gasteiger partial charge in [0.2, 0.25) is 0 Å². The van der Waals surface area contributed by atoms with Crippen molar-refractivity contribution < 1.29 is 23.0 Å². The summed E-state index contributed by atoms with van der Waals surface area (Å²) < 4.78 is 44.1. The molecule has 0 aromatic heterocycles. The van der Waals surface area contributed by atoms with Crippen molar-refractivity contribution in [2.75, 3.05) is 39.8 Å². The van der Waals surface area contributed by atoms with Gasteiger partial charge < -0.3 is 14.2 Å². The second-order valence-electron chi connectivity index (χ2n) is 8.43. The Labute approximate surface area is 197 Å². The molecule has 0 aliphatic carbocycles. The maximum absolute atomic E-state index is 13.5. The molecule has 7 heteroatoms. The molecule has 2 heterocycles. The van der Waals surface area contributed by atoms with Crippen LogP contribution in [0.3, 0.4) is 0 Å². The Hall–Kier alpha value is -3.42. The molecule has 1 fully saturated rings. The first-order chi connectivity index (χ1) is 16.6. The molecule has 0 unspecified atom stereocenters. The van der Waals surface area contributed by atoms with Crippen molar-refractivity contribution in [3.63, 3.8) is 0 Å². The molecule has 5 nitrogen and oxygen atoms in total. The van der Waals surface area contributed by atoms with Gasteiger partial charge in [-0.2, -0.15) is 0 Å². The predicted molar refractivity (Wildman–Crippen MR) is 125 cm³/mol. The third kappa shape index (κ3) is 4.90. The zero-order chi connectivity index (χ0) is 23.5. The number of hydrogen-bond donors (Lipinski definition) is 0. The fourth-order valence-corrected chi connectivity index (χ4v) is 4.46. The first-order valence-corrected chi connectivity index (χ1v) is 11.3. The van der Waals surface area contributed by atoms with E-state index in [1.54, 1.807) is 43.7 Å². The molecule has 34 heavy (non-hydrogen) atoms. The van der Waals surface area contributed by atoms with Gasteiger partial charge >= 0.3 is 0 Å². The van der Waals surface area contributed by atoms with Gasteiger partial charge in [-0.25, -0.2) is 8.78 Å². The van der Waals surface area contributed by atoms with Gasteiger partial charge in [-0.05, 0) is 47.5 Å². The van der Waals surface area contributed by atoms with Crippen LogP contribution in [0.25, 0.3) is 0 Å². The average Bonchev–Trinajstić information content (AvgIpc) is 2.87. The van der Waals surface area contributed by atoms with Crippen LogP contribution in [-0.4, -0.2) is 49.6 Å². The van der Waals surface area contributed by atoms with Crippen LogP contribution in [0.4, 0.5) is 8.78 Å². The summed E-state index contributed by atoms with van der Waals surface area (Å²) in [5, 5.41) is 0. The lowest BCUT2D eigenvalue weighted by atomic mass is 9.96. The lowest BCUT2D eigenvalue weighted by Crippen LogP contribution is -2.48. The number of rotatable bonds is 6. The molecule has 2 aliphatic rings. The molecule has 0 atom stereocenters. The number of halogens is 2. The smallest absolute Gasteiger partial charge is 0.172 e. The van der Waals surface area contributed by atoms with E-state index in [0.29, 0.717) is 23.8 Å². The van der Waals surface area contributed by atoms with Gasteiger partial charge in [-0.3, -0.25) is 9.80 Å². The van der Waals surface area contributed by atoms with E-state index in [4.69, 9.17) is 14.2 Å². The number of ether oxygens (including phenoxy) is 3. The highest BCUT2D eigenvalue weighted by molar-refractivity contribution is 5.48. The fourth-order valence-electron chi connectivity index (χ4n) is 4.46. The molecule has 3 aromatic carbocycles. The van der Waals surface area contributed by atoms with Crippen LogP contribution in [0.15, 0.2) is 78.8 Å². The van der Waals surface area contributed by atoms with Crippen molar-refractivity contribution in [2.24, 2.45) is 0 Å². The predicted octanol–water partition coefficient (Wildman–Crippen LogP) is 4.99. The van der Waals surface area contributed by atoms with Crippen LogP contribution in [0.5, 0.6) is 17.2 Å². The maximum Gasteiger partial charge on any atom is 0.172 e. The van der Waals surface area contributed by atoms with Crippen molar-refractivity contribution >= 4 is 0 Å². The van der Waals surface area contributed by atoms with Crippen molar-refractivity contribution in [2.45, 2.75) is 6.04 Å². The molecule has 0 bridgehead atoms. The van der Waals surface area contributed by atoms with E-state index in [9.17, 15) is 8.78 Å². The number of fused-ring (bicyclic) bond motifs is 1. The number of methoxy groups -OCH3 is 1. The first kappa shape index (κ1) is 22.4. The summed E-state index contributed by atoms with van der Waals surface area (Å²) in [6.45, 7) is 3.91. The van der Waals surface area contributed by atoms with Gasteiger partial charge in [0.05, 0.1) is 19.7 Å². The third-order valence-electron chi connectivity index (χ3n) is 6.23. The molecule has 2 aliphatic heterocycles. The highest BCUT2D eigenvalue weighted by atomic mass is 19.1. The third-order valence-corrected chi connectivity index (χ3v) is 6.23. The van der Waals surface area contributed by atoms with E-state index >= 15 is 0 Å². The second kappa shape index (κ2) is 9.83. The van der Waals surface area contributed by atoms with Crippen LogP contribution in [0.1, 0.15) is 17.2 Å². The summed E-state index contributed by atoms with van der Waals surface area (Å²) in [4.78, 5) is 4.66. The van der Waals surface area contributed by atoms with E-state index in [1.807, 2.05) is 12.1 Å². The zero-order valence-corrected chi connectivity index (χ0v) is 18.9. The summed E-state index contributed by atoms with van der Waals surface area (Å²) in [7, 11) is 1.61. The molecule has 0 amide bonds. The minimum atomic E-state index is -0.269. The minimum absolute atomic E-state index is 0.0707. The van der Waals surface area contributed by atoms with Gasteiger partial charge in [0.1, 0.15) is 23.6 Å². The topological polar surface area (TPSA) is 34.2 Å². The second-order valence-corrected chi connectivity index (χ2v) is 8.43. The van der Waals surface area contributed by atoms with Crippen LogP contribution < -0.4 is 14.2 Å². The Kier molecular flexibility index (Phi) is 6.47. The number of hydrogen-bond acceptors (Lipinski definition) is 5. The molecule has 0 spiro atoms. The van der Waals surface area contributed by atoms with Crippen molar-refractivity contribution in [1.29, 1.82) is 0 Å². The van der Waals surface area contributed by atoms with E-state index in [2.05, 4.69) is 9.80 Å². The van der Waals surface area contributed by atoms with Crippen molar-refractivity contribution in [3.05, 3.63) is 102 Å². The summed E-state index contributed by atoms with van der Waals surface area (Å²) >= 11 is 0. The van der Waals surface area contributed by atoms with E-state index < -0.39 is 0 Å². The van der Waals surface area contributed by atoms with Crippen LogP contribution >= 0.6 is 0 Å². The average molecular weight is 465 g/mol.